The summed E-state index contributed by atoms with van der Waals surface area (Å²) in [4.78, 5) is 2.18. The van der Waals surface area contributed by atoms with Crippen LogP contribution in [-0.4, -0.2) is 56.7 Å². The highest BCUT2D eigenvalue weighted by Gasteiger charge is 2.41. The van der Waals surface area contributed by atoms with Crippen LogP contribution in [0, 0.1) is 0 Å². The van der Waals surface area contributed by atoms with Gasteiger partial charge in [0.1, 0.15) is 0 Å². The zero-order valence-electron chi connectivity index (χ0n) is 19.1. The molecule has 7 heteroatoms. The molecule has 1 aliphatic heterocycles. The van der Waals surface area contributed by atoms with Crippen LogP contribution in [0.25, 0.3) is 0 Å². The van der Waals surface area contributed by atoms with E-state index in [4.69, 9.17) is 0 Å². The number of nitrogens with one attached hydrogen (secondary N) is 1. The van der Waals surface area contributed by atoms with Crippen molar-refractivity contribution in [3.05, 3.63) is 108 Å². The van der Waals surface area contributed by atoms with Crippen molar-refractivity contribution in [2.45, 2.75) is 16.4 Å². The maximum absolute atomic E-state index is 12.1. The molecular weight excluding hydrogens is 450 g/mol. The van der Waals surface area contributed by atoms with Gasteiger partial charge < -0.3 is 0 Å². The lowest BCUT2D eigenvalue weighted by atomic mass is 9.84. The Bertz CT molecular complexity index is 1030. The molecule has 0 aliphatic carbocycles. The van der Waals surface area contributed by atoms with E-state index in [1.807, 2.05) is 11.8 Å². The Hall–Kier alpha value is -2.16. The highest BCUT2D eigenvalue weighted by atomic mass is 32.2. The van der Waals surface area contributed by atoms with Crippen LogP contribution in [0.4, 0.5) is 0 Å². The molecule has 4 rings (SSSR count). The Morgan fingerprint density at radius 2 is 1.33 bits per heavy atom. The van der Waals surface area contributed by atoms with E-state index in [1.165, 1.54) is 21.0 Å². The molecule has 1 saturated heterocycles. The monoisotopic (exact) mass is 481 g/mol. The fraction of sp³-hybridized carbons (Fsp3) is 0.308. The summed E-state index contributed by atoms with van der Waals surface area (Å²) in [5.41, 5.74) is 3.75. The van der Waals surface area contributed by atoms with Crippen LogP contribution in [0.15, 0.2) is 91.0 Å². The van der Waals surface area contributed by atoms with E-state index >= 15 is 0 Å². The summed E-state index contributed by atoms with van der Waals surface area (Å²) in [5, 5.41) is 0.356. The molecule has 5 nitrogen and oxygen atoms in total. The quantitative estimate of drug-likeness (QED) is 0.467. The summed E-state index contributed by atoms with van der Waals surface area (Å²) in [6.07, 6.45) is 1.00. The van der Waals surface area contributed by atoms with Crippen LogP contribution < -0.4 is 4.72 Å². The molecule has 1 heterocycles. The second-order valence-electron chi connectivity index (χ2n) is 8.47. The van der Waals surface area contributed by atoms with Gasteiger partial charge >= 0.3 is 0 Å². The standard InChI is InChI=1S/C26H31N3O2S2/c1-28(2)33(30,31)27-21-29-19-18-25(20-29)32-26(22-12-6-3-7-13-22,23-14-8-4-9-15-23)24-16-10-5-11-17-24/h3-17,25,27H,18-21H2,1-2H3. The SMILES string of the molecule is CN(C)S(=O)(=O)NCN1CCC(SC(c2ccccc2)(c2ccccc2)c2ccccc2)C1. The van der Waals surface area contributed by atoms with E-state index in [-0.39, 0.29) is 4.75 Å². The van der Waals surface area contributed by atoms with Crippen LogP contribution in [0.2, 0.25) is 0 Å². The fourth-order valence-corrected chi connectivity index (χ4v) is 6.74. The lowest BCUT2D eigenvalue weighted by Gasteiger charge is -2.37. The lowest BCUT2D eigenvalue weighted by Crippen LogP contribution is -2.42. The molecule has 0 aromatic heterocycles. The number of benzene rings is 3. The number of thioether (sulfide) groups is 1. The molecular formula is C26H31N3O2S2. The van der Waals surface area contributed by atoms with E-state index in [2.05, 4.69) is 101 Å². The van der Waals surface area contributed by atoms with Gasteiger partial charge in [-0.3, -0.25) is 4.90 Å². The number of likely N-dealkylation sites (tertiary alicyclic amines) is 1. The molecule has 33 heavy (non-hydrogen) atoms. The molecule has 0 radical (unpaired) electrons. The van der Waals surface area contributed by atoms with Crippen LogP contribution >= 0.6 is 11.8 Å². The molecule has 0 bridgehead atoms. The summed E-state index contributed by atoms with van der Waals surface area (Å²) >= 11 is 1.97. The number of rotatable bonds is 9. The van der Waals surface area contributed by atoms with Crippen molar-refractivity contribution in [1.29, 1.82) is 0 Å². The second-order valence-corrected chi connectivity index (χ2v) is 12.0. The van der Waals surface area contributed by atoms with Crippen LogP contribution in [0.1, 0.15) is 23.1 Å². The topological polar surface area (TPSA) is 52.7 Å². The van der Waals surface area contributed by atoms with Crippen molar-refractivity contribution in [3.8, 4) is 0 Å². The predicted octanol–water partition coefficient (Wildman–Crippen LogP) is 4.14. The maximum Gasteiger partial charge on any atom is 0.280 e. The summed E-state index contributed by atoms with van der Waals surface area (Å²) in [6, 6.07) is 32.1. The van der Waals surface area contributed by atoms with E-state index in [1.54, 1.807) is 14.1 Å². The van der Waals surface area contributed by atoms with E-state index in [9.17, 15) is 8.42 Å². The van der Waals surface area contributed by atoms with Crippen molar-refractivity contribution in [1.82, 2.24) is 13.9 Å². The van der Waals surface area contributed by atoms with Crippen LogP contribution in [0.3, 0.4) is 0 Å². The Morgan fingerprint density at radius 3 is 1.76 bits per heavy atom. The minimum absolute atomic E-state index is 0.326. The third-order valence-electron chi connectivity index (χ3n) is 6.06. The number of hydrogen-bond donors (Lipinski definition) is 1. The lowest BCUT2D eigenvalue weighted by molar-refractivity contribution is 0.330. The van der Waals surface area contributed by atoms with Crippen molar-refractivity contribution in [2.75, 3.05) is 33.9 Å². The van der Waals surface area contributed by atoms with Gasteiger partial charge in [-0.25, -0.2) is 0 Å². The Labute approximate surface area is 202 Å². The van der Waals surface area contributed by atoms with Crippen molar-refractivity contribution < 1.29 is 8.42 Å². The molecule has 1 unspecified atom stereocenters. The van der Waals surface area contributed by atoms with Gasteiger partial charge in [-0.1, -0.05) is 91.0 Å². The van der Waals surface area contributed by atoms with Gasteiger partial charge in [0.25, 0.3) is 10.2 Å². The van der Waals surface area contributed by atoms with Gasteiger partial charge in [0.2, 0.25) is 0 Å². The summed E-state index contributed by atoms with van der Waals surface area (Å²) in [7, 11) is -0.351. The zero-order valence-corrected chi connectivity index (χ0v) is 20.7. The fourth-order valence-electron chi connectivity index (χ4n) is 4.31. The van der Waals surface area contributed by atoms with Crippen molar-refractivity contribution >= 4 is 22.0 Å². The van der Waals surface area contributed by atoms with Crippen LogP contribution in [-0.2, 0) is 15.0 Å². The van der Waals surface area contributed by atoms with Gasteiger partial charge in [0, 0.05) is 32.4 Å². The number of hydrogen-bond acceptors (Lipinski definition) is 4. The molecule has 1 aliphatic rings. The molecule has 1 atom stereocenters. The van der Waals surface area contributed by atoms with E-state index in [0.717, 1.165) is 19.5 Å². The molecule has 3 aromatic carbocycles. The second kappa shape index (κ2) is 10.4. The third kappa shape index (κ3) is 5.34. The smallest absolute Gasteiger partial charge is 0.280 e. The zero-order chi connectivity index (χ0) is 23.3. The molecule has 1 fully saturated rings. The largest absolute Gasteiger partial charge is 0.289 e. The average molecular weight is 482 g/mol. The van der Waals surface area contributed by atoms with E-state index < -0.39 is 10.2 Å². The first-order chi connectivity index (χ1) is 15.9. The van der Waals surface area contributed by atoms with Gasteiger partial charge in [-0.15, -0.1) is 11.8 Å². The van der Waals surface area contributed by atoms with Gasteiger partial charge in [-0.2, -0.15) is 17.4 Å². The van der Waals surface area contributed by atoms with Gasteiger partial charge in [-0.05, 0) is 23.1 Å². The first-order valence-electron chi connectivity index (χ1n) is 11.2. The van der Waals surface area contributed by atoms with Crippen molar-refractivity contribution in [2.24, 2.45) is 0 Å². The Balaban J connectivity index is 1.66. The molecule has 1 N–H and O–H groups in total. The maximum atomic E-state index is 12.1. The minimum atomic E-state index is -3.43. The molecule has 0 spiro atoms. The average Bonchev–Trinajstić information content (AvgIpc) is 3.30. The Kier molecular flexibility index (Phi) is 7.56. The Morgan fingerprint density at radius 1 is 0.879 bits per heavy atom. The van der Waals surface area contributed by atoms with Crippen molar-refractivity contribution in [3.63, 3.8) is 0 Å². The molecule has 174 valence electrons. The number of nitrogens with zero attached hydrogens (tertiary/aromatic N) is 2. The molecule has 3 aromatic rings. The third-order valence-corrected chi connectivity index (χ3v) is 9.30. The summed E-state index contributed by atoms with van der Waals surface area (Å²) in [5.74, 6) is 0. The minimum Gasteiger partial charge on any atom is -0.289 e. The first-order valence-corrected chi connectivity index (χ1v) is 13.5. The molecule has 0 saturated carbocycles. The highest BCUT2D eigenvalue weighted by Crippen LogP contribution is 2.51. The van der Waals surface area contributed by atoms with Gasteiger partial charge in [0.15, 0.2) is 0 Å². The van der Waals surface area contributed by atoms with Gasteiger partial charge in [0.05, 0.1) is 11.4 Å². The summed E-state index contributed by atoms with van der Waals surface area (Å²) < 4.78 is 27.8. The predicted molar refractivity (Wildman–Crippen MR) is 137 cm³/mol. The first kappa shape index (κ1) is 24.0. The van der Waals surface area contributed by atoms with Crippen LogP contribution in [0.5, 0.6) is 0 Å². The molecule has 0 amide bonds. The highest BCUT2D eigenvalue weighted by molar-refractivity contribution is 8.01. The summed E-state index contributed by atoms with van der Waals surface area (Å²) in [6.45, 7) is 2.02. The van der Waals surface area contributed by atoms with E-state index in [0.29, 0.717) is 11.9 Å². The normalized spacial score (nSPS) is 17.5.